The Labute approximate surface area is 150 Å². The molecule has 0 aliphatic carbocycles. The van der Waals surface area contributed by atoms with E-state index in [1.807, 2.05) is 30.3 Å². The quantitative estimate of drug-likeness (QED) is 0.566. The summed E-state index contributed by atoms with van der Waals surface area (Å²) >= 11 is 12.0. The van der Waals surface area contributed by atoms with Crippen LogP contribution in [0.25, 0.3) is 11.3 Å². The second-order valence-electron chi connectivity index (χ2n) is 5.44. The van der Waals surface area contributed by atoms with Gasteiger partial charge in [0.1, 0.15) is 17.3 Å². The first kappa shape index (κ1) is 17.0. The zero-order valence-corrected chi connectivity index (χ0v) is 14.4. The maximum absolute atomic E-state index is 13.5. The molecule has 0 aliphatic rings. The lowest BCUT2D eigenvalue weighted by Gasteiger charge is -2.04. The van der Waals surface area contributed by atoms with Crippen LogP contribution < -0.4 is 5.32 Å². The van der Waals surface area contributed by atoms with Crippen molar-refractivity contribution in [2.24, 2.45) is 0 Å². The van der Waals surface area contributed by atoms with Crippen LogP contribution in [0, 0.1) is 5.82 Å². The zero-order chi connectivity index (χ0) is 16.9. The molecule has 0 saturated heterocycles. The van der Waals surface area contributed by atoms with Crippen molar-refractivity contribution in [1.29, 1.82) is 0 Å². The van der Waals surface area contributed by atoms with Crippen molar-refractivity contribution in [1.82, 2.24) is 5.32 Å². The Balaban J connectivity index is 1.56. The first-order valence-electron chi connectivity index (χ1n) is 7.61. The highest BCUT2D eigenvalue weighted by molar-refractivity contribution is 6.35. The molecule has 0 saturated carbocycles. The first-order valence-corrected chi connectivity index (χ1v) is 8.37. The van der Waals surface area contributed by atoms with E-state index < -0.39 is 0 Å². The number of hydrogen-bond donors (Lipinski definition) is 1. The van der Waals surface area contributed by atoms with E-state index >= 15 is 0 Å². The maximum atomic E-state index is 13.5. The van der Waals surface area contributed by atoms with Crippen molar-refractivity contribution in [3.05, 3.63) is 81.8 Å². The second-order valence-corrected chi connectivity index (χ2v) is 6.32. The van der Waals surface area contributed by atoms with Crippen LogP contribution in [0.1, 0.15) is 11.3 Å². The van der Waals surface area contributed by atoms with Crippen molar-refractivity contribution >= 4 is 23.2 Å². The number of benzene rings is 2. The van der Waals surface area contributed by atoms with Crippen LogP contribution >= 0.6 is 23.2 Å². The Bertz CT molecular complexity index is 811. The number of furan rings is 1. The Morgan fingerprint density at radius 1 is 0.958 bits per heavy atom. The van der Waals surface area contributed by atoms with Crippen LogP contribution in [-0.4, -0.2) is 6.54 Å². The molecule has 24 heavy (non-hydrogen) atoms. The van der Waals surface area contributed by atoms with Crippen LogP contribution in [0.5, 0.6) is 0 Å². The van der Waals surface area contributed by atoms with E-state index in [9.17, 15) is 4.39 Å². The minimum absolute atomic E-state index is 0.169. The summed E-state index contributed by atoms with van der Waals surface area (Å²) in [6, 6.07) is 15.9. The molecule has 1 heterocycles. The number of nitrogens with one attached hydrogen (secondary N) is 1. The predicted octanol–water partition coefficient (Wildman–Crippen LogP) is 5.72. The van der Waals surface area contributed by atoms with Crippen molar-refractivity contribution in [3.63, 3.8) is 0 Å². The molecule has 3 aromatic rings. The predicted molar refractivity (Wildman–Crippen MR) is 96.0 cm³/mol. The fraction of sp³-hybridized carbons (Fsp3) is 0.158. The lowest BCUT2D eigenvalue weighted by Crippen LogP contribution is -2.16. The molecule has 0 unspecified atom stereocenters. The number of halogens is 3. The fourth-order valence-electron chi connectivity index (χ4n) is 2.46. The van der Waals surface area contributed by atoms with Crippen LogP contribution in [0.3, 0.4) is 0 Å². The molecule has 0 fully saturated rings. The highest BCUT2D eigenvalue weighted by Gasteiger charge is 2.07. The van der Waals surface area contributed by atoms with E-state index in [0.717, 1.165) is 11.3 Å². The van der Waals surface area contributed by atoms with Crippen LogP contribution in [0.15, 0.2) is 59.0 Å². The van der Waals surface area contributed by atoms with Gasteiger partial charge < -0.3 is 9.73 Å². The average molecular weight is 364 g/mol. The maximum Gasteiger partial charge on any atom is 0.134 e. The van der Waals surface area contributed by atoms with Gasteiger partial charge in [0.2, 0.25) is 0 Å². The summed E-state index contributed by atoms with van der Waals surface area (Å²) in [4.78, 5) is 0. The average Bonchev–Trinajstić information content (AvgIpc) is 3.01. The van der Waals surface area contributed by atoms with Gasteiger partial charge in [-0.2, -0.15) is 0 Å². The molecule has 124 valence electrons. The van der Waals surface area contributed by atoms with Gasteiger partial charge in [-0.15, -0.1) is 0 Å². The van der Waals surface area contributed by atoms with Gasteiger partial charge in [-0.3, -0.25) is 0 Å². The Morgan fingerprint density at radius 3 is 2.46 bits per heavy atom. The zero-order valence-electron chi connectivity index (χ0n) is 12.9. The third-order valence-corrected chi connectivity index (χ3v) is 4.07. The van der Waals surface area contributed by atoms with E-state index in [-0.39, 0.29) is 5.82 Å². The normalized spacial score (nSPS) is 11.0. The van der Waals surface area contributed by atoms with Gasteiger partial charge in [-0.05, 0) is 54.9 Å². The SMILES string of the molecule is Fc1ccccc1CCNCc1ccc(-c2cc(Cl)cc(Cl)c2)o1. The molecule has 1 N–H and O–H groups in total. The van der Waals surface area contributed by atoms with Gasteiger partial charge in [0.05, 0.1) is 6.54 Å². The largest absolute Gasteiger partial charge is 0.460 e. The van der Waals surface area contributed by atoms with E-state index in [1.165, 1.54) is 6.07 Å². The topological polar surface area (TPSA) is 25.2 Å². The van der Waals surface area contributed by atoms with Crippen molar-refractivity contribution in [2.45, 2.75) is 13.0 Å². The van der Waals surface area contributed by atoms with Crippen molar-refractivity contribution in [2.75, 3.05) is 6.54 Å². The number of rotatable bonds is 6. The standard InChI is InChI=1S/C19H16Cl2FNO/c20-15-9-14(10-16(21)11-15)19-6-5-17(24-19)12-23-8-7-13-3-1-2-4-18(13)22/h1-6,9-11,23H,7-8,12H2. The summed E-state index contributed by atoms with van der Waals surface area (Å²) < 4.78 is 19.3. The van der Waals surface area contributed by atoms with Gasteiger partial charge in [-0.25, -0.2) is 4.39 Å². The highest BCUT2D eigenvalue weighted by Crippen LogP contribution is 2.28. The molecule has 0 bridgehead atoms. The summed E-state index contributed by atoms with van der Waals surface area (Å²) in [6.07, 6.45) is 0.629. The first-order chi connectivity index (χ1) is 11.6. The van der Waals surface area contributed by atoms with Gasteiger partial charge in [0, 0.05) is 15.6 Å². The van der Waals surface area contributed by atoms with Gasteiger partial charge in [0.25, 0.3) is 0 Å². The Hall–Kier alpha value is -1.81. The molecule has 2 nitrogen and oxygen atoms in total. The van der Waals surface area contributed by atoms with E-state index in [4.69, 9.17) is 27.6 Å². The Kier molecular flexibility index (Phi) is 5.56. The molecular formula is C19H16Cl2FNO. The molecule has 0 atom stereocenters. The van der Waals surface area contributed by atoms with E-state index in [2.05, 4.69) is 5.32 Å². The molecule has 3 rings (SSSR count). The van der Waals surface area contributed by atoms with Crippen LogP contribution in [0.4, 0.5) is 4.39 Å². The molecule has 2 aromatic carbocycles. The van der Waals surface area contributed by atoms with Crippen LogP contribution in [0.2, 0.25) is 10.0 Å². The fourth-order valence-corrected chi connectivity index (χ4v) is 2.99. The van der Waals surface area contributed by atoms with Crippen LogP contribution in [-0.2, 0) is 13.0 Å². The van der Waals surface area contributed by atoms with Crippen molar-refractivity contribution in [3.8, 4) is 11.3 Å². The lowest BCUT2D eigenvalue weighted by atomic mass is 10.1. The third-order valence-electron chi connectivity index (χ3n) is 3.64. The molecule has 0 radical (unpaired) electrons. The monoisotopic (exact) mass is 363 g/mol. The van der Waals surface area contributed by atoms with E-state index in [0.29, 0.717) is 40.9 Å². The molecule has 5 heteroatoms. The molecule has 0 spiro atoms. The summed E-state index contributed by atoms with van der Waals surface area (Å²) in [6.45, 7) is 1.24. The minimum atomic E-state index is -0.169. The molecule has 1 aromatic heterocycles. The van der Waals surface area contributed by atoms with Gasteiger partial charge >= 0.3 is 0 Å². The Morgan fingerprint density at radius 2 is 1.71 bits per heavy atom. The summed E-state index contributed by atoms with van der Waals surface area (Å²) in [7, 11) is 0. The molecule has 0 amide bonds. The summed E-state index contributed by atoms with van der Waals surface area (Å²) in [5.74, 6) is 1.34. The third kappa shape index (κ3) is 4.38. The minimum Gasteiger partial charge on any atom is -0.460 e. The van der Waals surface area contributed by atoms with Gasteiger partial charge in [0.15, 0.2) is 0 Å². The smallest absolute Gasteiger partial charge is 0.134 e. The lowest BCUT2D eigenvalue weighted by molar-refractivity contribution is 0.493. The molecular weight excluding hydrogens is 348 g/mol. The van der Waals surface area contributed by atoms with E-state index in [1.54, 1.807) is 18.2 Å². The summed E-state index contributed by atoms with van der Waals surface area (Å²) in [5, 5.41) is 4.39. The highest BCUT2D eigenvalue weighted by atomic mass is 35.5. The summed E-state index contributed by atoms with van der Waals surface area (Å²) in [5.41, 5.74) is 1.55. The van der Waals surface area contributed by atoms with Gasteiger partial charge in [-0.1, -0.05) is 41.4 Å². The van der Waals surface area contributed by atoms with Crippen molar-refractivity contribution < 1.29 is 8.81 Å². The second kappa shape index (κ2) is 7.84. The molecule has 0 aliphatic heterocycles. The number of hydrogen-bond acceptors (Lipinski definition) is 2.